The van der Waals surface area contributed by atoms with E-state index in [1.54, 1.807) is 13.3 Å². The van der Waals surface area contributed by atoms with Gasteiger partial charge in [-0.15, -0.1) is 0 Å². The summed E-state index contributed by atoms with van der Waals surface area (Å²) in [5, 5.41) is 3.72. The number of rotatable bonds is 7. The molecule has 1 atom stereocenters. The van der Waals surface area contributed by atoms with Crippen molar-refractivity contribution in [1.29, 1.82) is 0 Å². The first-order chi connectivity index (χ1) is 10.8. The Morgan fingerprint density at radius 3 is 2.18 bits per heavy atom. The molecule has 7 heteroatoms. The van der Waals surface area contributed by atoms with Gasteiger partial charge in [0.2, 0.25) is 0 Å². The Morgan fingerprint density at radius 1 is 1.05 bits per heavy atom. The maximum atomic E-state index is 5.19. The molecule has 1 heterocycles. The average Bonchev–Trinajstić information content (AvgIpc) is 2.56. The zero-order chi connectivity index (χ0) is 16.2. The lowest BCUT2D eigenvalue weighted by molar-refractivity contribution is 0.107. The zero-order valence-corrected chi connectivity index (χ0v) is 14.6. The van der Waals surface area contributed by atoms with E-state index in [4.69, 9.17) is 22.9 Å². The van der Waals surface area contributed by atoms with Gasteiger partial charge in [-0.2, -0.15) is 0 Å². The van der Waals surface area contributed by atoms with Crippen LogP contribution in [-0.4, -0.2) is 42.7 Å². The molecule has 0 spiro atoms. The second-order valence-electron chi connectivity index (χ2n) is 4.09. The van der Waals surface area contributed by atoms with Gasteiger partial charge < -0.3 is 22.9 Å². The van der Waals surface area contributed by atoms with Gasteiger partial charge in [-0.05, 0) is 26.8 Å². The van der Waals surface area contributed by atoms with Crippen LogP contribution in [0.3, 0.4) is 0 Å². The van der Waals surface area contributed by atoms with Crippen molar-refractivity contribution in [3.63, 3.8) is 0 Å². The van der Waals surface area contributed by atoms with Crippen molar-refractivity contribution in [1.82, 2.24) is 0 Å². The molecule has 0 fully saturated rings. The largest absolute Gasteiger partial charge is 0.577 e. The van der Waals surface area contributed by atoms with E-state index >= 15 is 0 Å². The van der Waals surface area contributed by atoms with Gasteiger partial charge in [0.05, 0.1) is 6.21 Å². The van der Waals surface area contributed by atoms with Crippen LogP contribution < -0.4 is 4.84 Å². The molecule has 1 aliphatic rings. The Morgan fingerprint density at radius 2 is 1.64 bits per heavy atom. The summed E-state index contributed by atoms with van der Waals surface area (Å²) in [6.45, 7) is 7.78. The van der Waals surface area contributed by atoms with Crippen LogP contribution in [-0.2, 0) is 18.0 Å². The van der Waals surface area contributed by atoms with Gasteiger partial charge in [0.25, 0.3) is 0 Å². The number of oxime groups is 1. The van der Waals surface area contributed by atoms with Gasteiger partial charge in [-0.25, -0.2) is 0 Å². The van der Waals surface area contributed by atoms with Gasteiger partial charge in [0, 0.05) is 32.5 Å². The Labute approximate surface area is 133 Å². The van der Waals surface area contributed by atoms with Crippen molar-refractivity contribution in [3.05, 3.63) is 29.8 Å². The highest BCUT2D eigenvalue weighted by molar-refractivity contribution is 6.36. The van der Waals surface area contributed by atoms with Crippen molar-refractivity contribution >= 4 is 15.7 Å². The minimum absolute atomic E-state index is 0.0741. The first-order valence-corrected chi connectivity index (χ1v) is 8.56. The monoisotopic (exact) mass is 326 g/mol. The van der Waals surface area contributed by atoms with Crippen molar-refractivity contribution in [2.75, 3.05) is 26.9 Å². The summed E-state index contributed by atoms with van der Waals surface area (Å²) < 4.78 is 20.7. The second kappa shape index (κ2) is 11.3. The van der Waals surface area contributed by atoms with Gasteiger partial charge >= 0.3 is 9.53 Å². The molecule has 1 aromatic carbocycles. The molecular formula is C15H24NO5Si. The lowest BCUT2D eigenvalue weighted by atomic mass is 10.1. The predicted molar refractivity (Wildman–Crippen MR) is 85.9 cm³/mol. The van der Waals surface area contributed by atoms with Gasteiger partial charge in [0.15, 0.2) is 5.75 Å². The van der Waals surface area contributed by atoms with E-state index < -0.39 is 9.53 Å². The van der Waals surface area contributed by atoms with Crippen molar-refractivity contribution < 1.29 is 22.9 Å². The third kappa shape index (κ3) is 6.25. The fraction of sp³-hybridized carbons (Fsp3) is 0.533. The molecule has 2 rings (SSSR count). The summed E-state index contributed by atoms with van der Waals surface area (Å²) >= 11 is 0. The summed E-state index contributed by atoms with van der Waals surface area (Å²) in [5.74, 6) is 0.770. The van der Waals surface area contributed by atoms with Crippen LogP contribution in [0.15, 0.2) is 29.4 Å². The summed E-state index contributed by atoms with van der Waals surface area (Å²) in [4.78, 5) is 5.04. The smallest absolute Gasteiger partial charge is 0.371 e. The molecule has 0 N–H and O–H groups in total. The van der Waals surface area contributed by atoms with E-state index in [1.807, 2.05) is 45.0 Å². The number of benzene rings is 1. The minimum atomic E-state index is -1.40. The number of hydrogen-bond donors (Lipinski definition) is 0. The third-order valence-corrected chi connectivity index (χ3v) is 4.19. The summed E-state index contributed by atoms with van der Waals surface area (Å²) in [7, 11) is 0.254. The van der Waals surface area contributed by atoms with Crippen molar-refractivity contribution in [2.24, 2.45) is 5.16 Å². The number of para-hydroxylation sites is 1. The lowest BCUT2D eigenvalue weighted by Crippen LogP contribution is -2.27. The van der Waals surface area contributed by atoms with Gasteiger partial charge in [-0.1, -0.05) is 23.4 Å². The molecule has 0 saturated carbocycles. The van der Waals surface area contributed by atoms with E-state index in [2.05, 4.69) is 5.16 Å². The van der Waals surface area contributed by atoms with Crippen LogP contribution in [0.1, 0.15) is 32.4 Å². The maximum absolute atomic E-state index is 5.19. The van der Waals surface area contributed by atoms with E-state index in [-0.39, 0.29) is 6.10 Å². The fourth-order valence-corrected chi connectivity index (χ4v) is 2.64. The number of hydrogen-bond acceptors (Lipinski definition) is 6. The Balaban J connectivity index is 0.000000225. The third-order valence-electron chi connectivity index (χ3n) is 2.61. The Kier molecular flexibility index (Phi) is 9.68. The Hall–Kier alpha value is -1.25. The van der Waals surface area contributed by atoms with E-state index in [1.165, 1.54) is 0 Å². The van der Waals surface area contributed by atoms with Gasteiger partial charge in [0.1, 0.15) is 6.10 Å². The highest BCUT2D eigenvalue weighted by atomic mass is 28.3. The standard InChI is InChI=1S/C9H9NO2.C6H15O3Si/c1-11-9-6-10-12-8-5-3-2-4-7(8)9;1-4-7-10(8-5-2)9-6-3/h2-6,9H,1H3;4-6H2,1-3H3. The fourth-order valence-electron chi connectivity index (χ4n) is 1.69. The van der Waals surface area contributed by atoms with E-state index in [0.717, 1.165) is 11.3 Å². The molecule has 0 saturated heterocycles. The molecule has 1 aromatic rings. The molecular weight excluding hydrogens is 302 g/mol. The quantitative estimate of drug-likeness (QED) is 0.721. The average molecular weight is 326 g/mol. The number of methoxy groups -OCH3 is 1. The lowest BCUT2D eigenvalue weighted by Gasteiger charge is -2.16. The molecule has 0 aromatic heterocycles. The normalized spacial score (nSPS) is 15.8. The van der Waals surface area contributed by atoms with E-state index in [9.17, 15) is 0 Å². The van der Waals surface area contributed by atoms with Crippen LogP contribution in [0.4, 0.5) is 0 Å². The van der Waals surface area contributed by atoms with Crippen molar-refractivity contribution in [2.45, 2.75) is 26.9 Å². The molecule has 6 nitrogen and oxygen atoms in total. The van der Waals surface area contributed by atoms with Crippen LogP contribution >= 0.6 is 0 Å². The first-order valence-electron chi connectivity index (χ1n) is 7.34. The maximum Gasteiger partial charge on any atom is 0.577 e. The molecule has 1 unspecified atom stereocenters. The molecule has 0 amide bonds. The molecule has 22 heavy (non-hydrogen) atoms. The molecule has 1 aliphatic heterocycles. The van der Waals surface area contributed by atoms with Crippen LogP contribution in [0.25, 0.3) is 0 Å². The number of ether oxygens (including phenoxy) is 1. The number of nitrogens with zero attached hydrogens (tertiary/aromatic N) is 1. The van der Waals surface area contributed by atoms with E-state index in [0.29, 0.717) is 19.8 Å². The summed E-state index contributed by atoms with van der Waals surface area (Å²) in [6.07, 6.45) is 1.57. The minimum Gasteiger partial charge on any atom is -0.371 e. The highest BCUT2D eigenvalue weighted by Gasteiger charge is 2.17. The topological polar surface area (TPSA) is 58.5 Å². The Bertz CT molecular complexity index is 429. The van der Waals surface area contributed by atoms with Crippen molar-refractivity contribution in [3.8, 4) is 5.75 Å². The zero-order valence-electron chi connectivity index (χ0n) is 13.6. The number of fused-ring (bicyclic) bond motifs is 1. The molecule has 1 radical (unpaired) electrons. The van der Waals surface area contributed by atoms with Gasteiger partial charge in [-0.3, -0.25) is 0 Å². The van der Waals surface area contributed by atoms with Crippen LogP contribution in [0, 0.1) is 0 Å². The molecule has 123 valence electrons. The SMILES string of the molecule is CCO[Si](OCC)OCC.COC1C=NOc2ccccc21. The summed E-state index contributed by atoms with van der Waals surface area (Å²) in [5.41, 5.74) is 1.02. The first kappa shape index (κ1) is 18.8. The van der Waals surface area contributed by atoms with Crippen LogP contribution in [0.5, 0.6) is 5.75 Å². The molecule has 0 aliphatic carbocycles. The predicted octanol–water partition coefficient (Wildman–Crippen LogP) is 2.83. The summed E-state index contributed by atoms with van der Waals surface area (Å²) in [6, 6.07) is 7.70. The second-order valence-corrected chi connectivity index (χ2v) is 5.45. The molecule has 0 bridgehead atoms. The highest BCUT2D eigenvalue weighted by Crippen LogP contribution is 2.28. The van der Waals surface area contributed by atoms with Crippen LogP contribution in [0.2, 0.25) is 0 Å².